The quantitative estimate of drug-likeness (QED) is 0.518. The number of aromatic nitrogens is 2. The highest BCUT2D eigenvalue weighted by Gasteiger charge is 2.22. The third kappa shape index (κ3) is 3.30. The first-order chi connectivity index (χ1) is 13.6. The molecule has 0 atom stereocenters. The molecule has 3 aromatic heterocycles. The number of aryl methyl sites for hydroxylation is 2. The largest absolute Gasteiger partial charge is 0.380 e. The van der Waals surface area contributed by atoms with Crippen molar-refractivity contribution in [2.24, 2.45) is 0 Å². The number of hydrogen-bond acceptors (Lipinski definition) is 6. The Bertz CT molecular complexity index is 1150. The average Bonchev–Trinajstić information content (AvgIpc) is 3.30. The summed E-state index contributed by atoms with van der Waals surface area (Å²) < 4.78 is 10.4. The highest BCUT2D eigenvalue weighted by Crippen LogP contribution is 2.43. The summed E-state index contributed by atoms with van der Waals surface area (Å²) in [7, 11) is 1.65. The van der Waals surface area contributed by atoms with Crippen LogP contribution in [0.4, 0.5) is 5.69 Å². The van der Waals surface area contributed by atoms with Gasteiger partial charge in [0.2, 0.25) is 0 Å². The Labute approximate surface area is 166 Å². The molecular formula is C21H19N3O3S. The van der Waals surface area contributed by atoms with Gasteiger partial charge in [-0.3, -0.25) is 4.79 Å². The van der Waals surface area contributed by atoms with E-state index in [9.17, 15) is 4.79 Å². The van der Waals surface area contributed by atoms with Crippen LogP contribution < -0.4 is 5.32 Å². The molecule has 1 N–H and O–H groups in total. The smallest absolute Gasteiger partial charge is 0.255 e. The van der Waals surface area contributed by atoms with Gasteiger partial charge in [0.05, 0.1) is 17.2 Å². The van der Waals surface area contributed by atoms with Crippen molar-refractivity contribution >= 4 is 33.1 Å². The number of ether oxygens (including phenoxy) is 1. The Morgan fingerprint density at radius 2 is 2.07 bits per heavy atom. The summed E-state index contributed by atoms with van der Waals surface area (Å²) in [4.78, 5) is 19.3. The monoisotopic (exact) mass is 393 g/mol. The third-order valence-corrected chi connectivity index (χ3v) is 5.58. The van der Waals surface area contributed by atoms with Crippen LogP contribution in [0.15, 0.2) is 47.2 Å². The third-order valence-electron chi connectivity index (χ3n) is 4.47. The van der Waals surface area contributed by atoms with Crippen LogP contribution in [0.1, 0.15) is 27.2 Å². The second kappa shape index (κ2) is 7.53. The molecule has 0 radical (unpaired) electrons. The van der Waals surface area contributed by atoms with Gasteiger partial charge in [0.25, 0.3) is 5.91 Å². The Morgan fingerprint density at radius 3 is 2.79 bits per heavy atom. The van der Waals surface area contributed by atoms with Gasteiger partial charge < -0.3 is 14.6 Å². The summed E-state index contributed by atoms with van der Waals surface area (Å²) in [5.41, 5.74) is 4.74. The lowest BCUT2D eigenvalue weighted by molar-refractivity contribution is 0.102. The molecule has 4 rings (SSSR count). The molecule has 0 saturated carbocycles. The van der Waals surface area contributed by atoms with Crippen molar-refractivity contribution in [3.8, 4) is 10.6 Å². The van der Waals surface area contributed by atoms with E-state index in [0.29, 0.717) is 23.6 Å². The zero-order valence-electron chi connectivity index (χ0n) is 15.8. The molecule has 0 unspecified atom stereocenters. The summed E-state index contributed by atoms with van der Waals surface area (Å²) in [6.45, 7) is 4.28. The standard InChI is InChI=1S/C21H19N3O3S/c1-12-6-4-5-7-15(12)20(25)23-18-17-14(11-26-3)10-13(2)22-21(17)28-19(18)16-8-9-27-24-16/h4-10H,11H2,1-3H3,(H,23,25). The number of thiophene rings is 1. The molecule has 142 valence electrons. The Balaban J connectivity index is 1.90. The highest BCUT2D eigenvalue weighted by atomic mass is 32.1. The summed E-state index contributed by atoms with van der Waals surface area (Å²) in [5, 5.41) is 8.03. The van der Waals surface area contributed by atoms with Gasteiger partial charge in [-0.15, -0.1) is 11.3 Å². The zero-order valence-corrected chi connectivity index (χ0v) is 16.6. The summed E-state index contributed by atoms with van der Waals surface area (Å²) in [5.74, 6) is -0.175. The minimum atomic E-state index is -0.175. The van der Waals surface area contributed by atoms with E-state index < -0.39 is 0 Å². The molecule has 0 aliphatic heterocycles. The highest BCUT2D eigenvalue weighted by molar-refractivity contribution is 7.22. The molecule has 0 saturated heterocycles. The minimum absolute atomic E-state index is 0.175. The summed E-state index contributed by atoms with van der Waals surface area (Å²) >= 11 is 1.47. The topological polar surface area (TPSA) is 77.2 Å². The van der Waals surface area contributed by atoms with Gasteiger partial charge in [-0.2, -0.15) is 0 Å². The van der Waals surface area contributed by atoms with Gasteiger partial charge in [-0.1, -0.05) is 23.4 Å². The lowest BCUT2D eigenvalue weighted by Gasteiger charge is -2.11. The molecule has 0 aliphatic rings. The number of nitrogens with zero attached hydrogens (tertiary/aromatic N) is 2. The van der Waals surface area contributed by atoms with Gasteiger partial charge >= 0.3 is 0 Å². The van der Waals surface area contributed by atoms with E-state index in [1.165, 1.54) is 17.6 Å². The van der Waals surface area contributed by atoms with Crippen molar-refractivity contribution in [1.29, 1.82) is 0 Å². The van der Waals surface area contributed by atoms with E-state index in [1.54, 1.807) is 13.2 Å². The number of amides is 1. The number of methoxy groups -OCH3 is 1. The number of benzene rings is 1. The van der Waals surface area contributed by atoms with E-state index in [1.807, 2.05) is 44.2 Å². The molecule has 3 heterocycles. The lowest BCUT2D eigenvalue weighted by atomic mass is 10.1. The SMILES string of the molecule is COCc1cc(C)nc2sc(-c3ccon3)c(NC(=O)c3ccccc3C)c12. The number of nitrogens with one attached hydrogen (secondary N) is 1. The van der Waals surface area contributed by atoms with Gasteiger partial charge in [-0.25, -0.2) is 4.98 Å². The zero-order chi connectivity index (χ0) is 19.7. The molecule has 0 aliphatic carbocycles. The Morgan fingerprint density at radius 1 is 1.25 bits per heavy atom. The van der Waals surface area contributed by atoms with Gasteiger partial charge in [0.1, 0.15) is 16.8 Å². The summed E-state index contributed by atoms with van der Waals surface area (Å²) in [6, 6.07) is 11.3. The van der Waals surface area contributed by atoms with Crippen LogP contribution in [0.5, 0.6) is 0 Å². The predicted octanol–water partition coefficient (Wildman–Crippen LogP) is 4.97. The Hall–Kier alpha value is -3.03. The maximum absolute atomic E-state index is 13.0. The van der Waals surface area contributed by atoms with Gasteiger partial charge in [0, 0.05) is 29.8 Å². The predicted molar refractivity (Wildman–Crippen MR) is 110 cm³/mol. The average molecular weight is 393 g/mol. The number of pyridine rings is 1. The van der Waals surface area contributed by atoms with Crippen LogP contribution in [0, 0.1) is 13.8 Å². The van der Waals surface area contributed by atoms with E-state index in [0.717, 1.165) is 31.9 Å². The van der Waals surface area contributed by atoms with Crippen LogP contribution in [0.25, 0.3) is 20.8 Å². The maximum Gasteiger partial charge on any atom is 0.255 e. The number of rotatable bonds is 5. The first-order valence-corrected chi connectivity index (χ1v) is 9.60. The van der Waals surface area contributed by atoms with Crippen LogP contribution in [-0.4, -0.2) is 23.2 Å². The fourth-order valence-corrected chi connectivity index (χ4v) is 4.40. The molecule has 0 spiro atoms. The maximum atomic E-state index is 13.0. The van der Waals surface area contributed by atoms with Gasteiger partial charge in [0.15, 0.2) is 0 Å². The van der Waals surface area contributed by atoms with Crippen LogP contribution in [0.2, 0.25) is 0 Å². The number of carbonyl (C=O) groups is 1. The molecule has 1 aromatic carbocycles. The van der Waals surface area contributed by atoms with E-state index in [-0.39, 0.29) is 5.91 Å². The number of anilines is 1. The van der Waals surface area contributed by atoms with Crippen molar-refractivity contribution in [2.75, 3.05) is 12.4 Å². The van der Waals surface area contributed by atoms with E-state index >= 15 is 0 Å². The second-order valence-electron chi connectivity index (χ2n) is 6.50. The van der Waals surface area contributed by atoms with E-state index in [2.05, 4.69) is 15.5 Å². The molecule has 0 bridgehead atoms. The van der Waals surface area contributed by atoms with E-state index in [4.69, 9.17) is 9.26 Å². The first kappa shape index (κ1) is 18.3. The van der Waals surface area contributed by atoms with Gasteiger partial charge in [-0.05, 0) is 37.1 Å². The van der Waals surface area contributed by atoms with Crippen molar-refractivity contribution in [3.05, 3.63) is 65.0 Å². The van der Waals surface area contributed by atoms with Crippen LogP contribution >= 0.6 is 11.3 Å². The van der Waals surface area contributed by atoms with Crippen molar-refractivity contribution in [1.82, 2.24) is 10.1 Å². The number of fused-ring (bicyclic) bond motifs is 1. The van der Waals surface area contributed by atoms with Crippen molar-refractivity contribution < 1.29 is 14.1 Å². The normalized spacial score (nSPS) is 11.1. The van der Waals surface area contributed by atoms with Crippen LogP contribution in [0.3, 0.4) is 0 Å². The first-order valence-electron chi connectivity index (χ1n) is 8.78. The molecule has 1 amide bonds. The minimum Gasteiger partial charge on any atom is -0.380 e. The molecular weight excluding hydrogens is 374 g/mol. The van der Waals surface area contributed by atoms with Crippen molar-refractivity contribution in [3.63, 3.8) is 0 Å². The van der Waals surface area contributed by atoms with Crippen molar-refractivity contribution in [2.45, 2.75) is 20.5 Å². The second-order valence-corrected chi connectivity index (χ2v) is 7.49. The molecule has 7 heteroatoms. The van der Waals surface area contributed by atoms with Crippen LogP contribution in [-0.2, 0) is 11.3 Å². The summed E-state index contributed by atoms with van der Waals surface area (Å²) in [6.07, 6.45) is 1.52. The number of hydrogen-bond donors (Lipinski definition) is 1. The Kier molecular flexibility index (Phi) is 4.93. The fourth-order valence-electron chi connectivity index (χ4n) is 3.22. The number of carbonyl (C=O) groups excluding carboxylic acids is 1. The lowest BCUT2D eigenvalue weighted by Crippen LogP contribution is -2.14. The molecule has 0 fully saturated rings. The fraction of sp³-hybridized carbons (Fsp3) is 0.190. The molecule has 4 aromatic rings. The molecule has 6 nitrogen and oxygen atoms in total. The molecule has 28 heavy (non-hydrogen) atoms.